The van der Waals surface area contributed by atoms with Crippen LogP contribution < -0.4 is 10.6 Å². The maximum absolute atomic E-state index is 5.14. The highest BCUT2D eigenvalue weighted by Gasteiger charge is 2.27. The van der Waals surface area contributed by atoms with Gasteiger partial charge < -0.3 is 10.6 Å². The van der Waals surface area contributed by atoms with E-state index in [0.717, 1.165) is 88.4 Å². The van der Waals surface area contributed by atoms with Crippen LogP contribution in [0.15, 0.2) is 115 Å². The zero-order chi connectivity index (χ0) is 28.5. The van der Waals surface area contributed by atoms with Crippen LogP contribution in [-0.4, -0.2) is 34.0 Å². The molecule has 0 radical (unpaired) electrons. The van der Waals surface area contributed by atoms with Gasteiger partial charge >= 0.3 is 0 Å². The molecule has 1 aliphatic heterocycles. The number of benzene rings is 3. The Morgan fingerprint density at radius 3 is 2.12 bits per heavy atom. The molecule has 1 aliphatic carbocycles. The molecule has 2 aliphatic rings. The Balaban J connectivity index is 1.21. The topological polar surface area (TPSA) is 53.1 Å². The lowest BCUT2D eigenvalue weighted by molar-refractivity contribution is 0.195. The Kier molecular flexibility index (Phi) is 7.29. The number of hydrogen-bond donors (Lipinski definition) is 2. The van der Waals surface area contributed by atoms with Crippen LogP contribution in [-0.2, 0) is 6.54 Å². The summed E-state index contributed by atoms with van der Waals surface area (Å²) in [6.07, 6.45) is 3.95. The van der Waals surface area contributed by atoms with Gasteiger partial charge in [0.05, 0.1) is 22.4 Å². The molecule has 0 bridgehead atoms. The van der Waals surface area contributed by atoms with Crippen LogP contribution in [0, 0.1) is 6.92 Å². The van der Waals surface area contributed by atoms with Crippen molar-refractivity contribution in [1.29, 1.82) is 0 Å². The lowest BCUT2D eigenvalue weighted by Crippen LogP contribution is -2.43. The first-order valence-corrected chi connectivity index (χ1v) is 14.3. The van der Waals surface area contributed by atoms with Gasteiger partial charge in [-0.1, -0.05) is 74.3 Å². The Morgan fingerprint density at radius 2 is 1.49 bits per heavy atom. The molecular weight excluding hydrogens is 502 g/mol. The lowest BCUT2D eigenvalue weighted by Gasteiger charge is -2.37. The standard InChI is InChI=1S/C36H37N5/c1-6-37-31-21-33-32(20-23(31)2)39-35(28-10-8-7-9-11-28)36(40-33)29-14-12-27(13-15-29)22-41-18-16-30(17-19-41)38-34-25(4)24(3)26(34)5/h6-15,20-21,30,37-38H,1,3-4,16-19,22H2,2,5H3. The highest BCUT2D eigenvalue weighted by atomic mass is 15.1. The molecule has 6 rings (SSSR count). The Labute approximate surface area is 243 Å². The van der Waals surface area contributed by atoms with Crippen molar-refractivity contribution < 1.29 is 0 Å². The lowest BCUT2D eigenvalue weighted by atomic mass is 9.84. The summed E-state index contributed by atoms with van der Waals surface area (Å²) in [5.41, 5.74) is 13.7. The van der Waals surface area contributed by atoms with E-state index in [1.54, 1.807) is 6.20 Å². The van der Waals surface area contributed by atoms with Crippen molar-refractivity contribution in [1.82, 2.24) is 20.2 Å². The first-order valence-electron chi connectivity index (χ1n) is 14.3. The summed E-state index contributed by atoms with van der Waals surface area (Å²) in [5, 5.41) is 6.93. The van der Waals surface area contributed by atoms with Gasteiger partial charge in [0.1, 0.15) is 0 Å². The normalized spacial score (nSPS) is 16.1. The van der Waals surface area contributed by atoms with Gasteiger partial charge in [-0.15, -0.1) is 0 Å². The molecule has 4 aromatic rings. The van der Waals surface area contributed by atoms with Gasteiger partial charge in [0.15, 0.2) is 0 Å². The molecular formula is C36H37N5. The number of anilines is 1. The third-order valence-electron chi connectivity index (χ3n) is 8.38. The van der Waals surface area contributed by atoms with Crippen LogP contribution >= 0.6 is 0 Å². The van der Waals surface area contributed by atoms with Crippen LogP contribution in [0.25, 0.3) is 33.5 Å². The van der Waals surface area contributed by atoms with Crippen LogP contribution in [0.5, 0.6) is 0 Å². The minimum absolute atomic E-state index is 0.497. The third kappa shape index (κ3) is 5.33. The molecule has 2 N–H and O–H groups in total. The molecule has 0 atom stereocenters. The largest absolute Gasteiger partial charge is 0.381 e. The monoisotopic (exact) mass is 539 g/mol. The van der Waals surface area contributed by atoms with Crippen molar-refractivity contribution in [2.24, 2.45) is 0 Å². The maximum atomic E-state index is 5.14. The minimum atomic E-state index is 0.497. The molecule has 0 amide bonds. The fraction of sp³-hybridized carbons (Fsp3) is 0.222. The molecule has 206 valence electrons. The molecule has 0 spiro atoms. The summed E-state index contributed by atoms with van der Waals surface area (Å²) in [6, 6.07) is 23.8. The van der Waals surface area contributed by atoms with Crippen molar-refractivity contribution in [2.75, 3.05) is 18.4 Å². The molecule has 1 fully saturated rings. The van der Waals surface area contributed by atoms with Crippen LogP contribution in [0.2, 0.25) is 0 Å². The summed E-state index contributed by atoms with van der Waals surface area (Å²) in [7, 11) is 0. The summed E-state index contributed by atoms with van der Waals surface area (Å²) < 4.78 is 0. The smallest absolute Gasteiger partial charge is 0.0973 e. The highest BCUT2D eigenvalue weighted by molar-refractivity contribution is 5.88. The second-order valence-electron chi connectivity index (χ2n) is 11.1. The molecule has 0 unspecified atom stereocenters. The van der Waals surface area contributed by atoms with Crippen molar-refractivity contribution in [3.63, 3.8) is 0 Å². The number of hydrogen-bond acceptors (Lipinski definition) is 5. The van der Waals surface area contributed by atoms with Gasteiger partial charge in [0, 0.05) is 48.2 Å². The third-order valence-corrected chi connectivity index (χ3v) is 8.38. The Bertz CT molecular complexity index is 1670. The van der Waals surface area contributed by atoms with E-state index >= 15 is 0 Å². The fourth-order valence-corrected chi connectivity index (χ4v) is 5.82. The number of allylic oxidation sites excluding steroid dienone is 2. The van der Waals surface area contributed by atoms with E-state index in [4.69, 9.17) is 9.97 Å². The molecule has 2 heterocycles. The molecule has 41 heavy (non-hydrogen) atoms. The van der Waals surface area contributed by atoms with Gasteiger partial charge in [0.2, 0.25) is 0 Å². The van der Waals surface area contributed by atoms with E-state index < -0.39 is 0 Å². The first-order chi connectivity index (χ1) is 19.9. The maximum Gasteiger partial charge on any atom is 0.0973 e. The average molecular weight is 540 g/mol. The predicted octanol–water partition coefficient (Wildman–Crippen LogP) is 7.78. The highest BCUT2D eigenvalue weighted by Crippen LogP contribution is 2.36. The van der Waals surface area contributed by atoms with Crippen LogP contribution in [0.1, 0.15) is 30.9 Å². The Hall–Kier alpha value is -4.48. The van der Waals surface area contributed by atoms with E-state index in [1.807, 2.05) is 18.2 Å². The fourth-order valence-electron chi connectivity index (χ4n) is 5.82. The van der Waals surface area contributed by atoms with Crippen LogP contribution in [0.3, 0.4) is 0 Å². The molecule has 5 nitrogen and oxygen atoms in total. The van der Waals surface area contributed by atoms with Gasteiger partial charge in [0.25, 0.3) is 0 Å². The summed E-state index contributed by atoms with van der Waals surface area (Å²) in [5.74, 6) is 0. The van der Waals surface area contributed by atoms with E-state index in [2.05, 4.69) is 97.6 Å². The quantitative estimate of drug-likeness (QED) is 0.239. The SMILES string of the molecule is C=CNc1cc2nc(-c3ccc(CN4CCC(NC5=C(C)C(=C)C5=C)CC4)cc3)c(-c3ccccc3)nc2cc1C. The number of aromatic nitrogens is 2. The molecule has 0 saturated carbocycles. The second-order valence-corrected chi connectivity index (χ2v) is 11.1. The number of nitrogens with one attached hydrogen (secondary N) is 2. The summed E-state index contributed by atoms with van der Waals surface area (Å²) in [6.45, 7) is 19.3. The zero-order valence-electron chi connectivity index (χ0n) is 24.0. The van der Waals surface area contributed by atoms with Crippen molar-refractivity contribution in [3.8, 4) is 22.5 Å². The van der Waals surface area contributed by atoms with Gasteiger partial charge in [-0.3, -0.25) is 4.90 Å². The molecule has 3 aromatic carbocycles. The Morgan fingerprint density at radius 1 is 0.854 bits per heavy atom. The molecule has 1 saturated heterocycles. The van der Waals surface area contributed by atoms with Gasteiger partial charge in [-0.2, -0.15) is 0 Å². The predicted molar refractivity (Wildman–Crippen MR) is 171 cm³/mol. The summed E-state index contributed by atoms with van der Waals surface area (Å²) in [4.78, 5) is 12.8. The van der Waals surface area contributed by atoms with Crippen LogP contribution in [0.4, 0.5) is 5.69 Å². The van der Waals surface area contributed by atoms with Gasteiger partial charge in [-0.25, -0.2) is 9.97 Å². The first kappa shape index (κ1) is 26.7. The number of fused-ring (bicyclic) bond motifs is 1. The number of aryl methyl sites for hydroxylation is 1. The summed E-state index contributed by atoms with van der Waals surface area (Å²) >= 11 is 0. The zero-order valence-corrected chi connectivity index (χ0v) is 24.0. The van der Waals surface area contributed by atoms with Crippen molar-refractivity contribution in [3.05, 3.63) is 126 Å². The van der Waals surface area contributed by atoms with Crippen molar-refractivity contribution in [2.45, 2.75) is 39.3 Å². The average Bonchev–Trinajstić information content (AvgIpc) is 3.01. The number of piperidine rings is 1. The molecule has 1 aromatic heterocycles. The molecule has 5 heteroatoms. The number of likely N-dealkylation sites (tertiary alicyclic amines) is 1. The van der Waals surface area contributed by atoms with E-state index in [-0.39, 0.29) is 0 Å². The number of rotatable bonds is 8. The van der Waals surface area contributed by atoms with Gasteiger partial charge in [-0.05, 0) is 72.9 Å². The second kappa shape index (κ2) is 11.2. The van der Waals surface area contributed by atoms with E-state index in [1.165, 1.54) is 16.8 Å². The van der Waals surface area contributed by atoms with E-state index in [0.29, 0.717) is 6.04 Å². The van der Waals surface area contributed by atoms with E-state index in [9.17, 15) is 0 Å². The number of nitrogens with zero attached hydrogens (tertiary/aromatic N) is 3. The van der Waals surface area contributed by atoms with Crippen molar-refractivity contribution >= 4 is 16.7 Å². The minimum Gasteiger partial charge on any atom is -0.381 e.